The van der Waals surface area contributed by atoms with E-state index in [9.17, 15) is 19.5 Å². The average Bonchev–Trinajstić information content (AvgIpc) is 3.03. The van der Waals surface area contributed by atoms with E-state index < -0.39 is 12.0 Å². The highest BCUT2D eigenvalue weighted by atomic mass is 16.5. The van der Waals surface area contributed by atoms with E-state index in [1.165, 1.54) is 4.90 Å². The predicted octanol–water partition coefficient (Wildman–Crippen LogP) is 2.51. The zero-order chi connectivity index (χ0) is 20.8. The first-order valence-electron chi connectivity index (χ1n) is 10.6. The van der Waals surface area contributed by atoms with E-state index in [4.69, 9.17) is 4.74 Å². The number of hydrogen-bond acceptors (Lipinski definition) is 6. The molecule has 2 aliphatic rings. The Kier molecular flexibility index (Phi) is 7.39. The molecule has 1 N–H and O–H groups in total. The molecule has 158 valence electrons. The lowest BCUT2D eigenvalue weighted by Crippen LogP contribution is -2.50. The normalized spacial score (nSPS) is 22.9. The molecule has 0 bridgehead atoms. The van der Waals surface area contributed by atoms with Crippen LogP contribution in [0.1, 0.15) is 62.2 Å². The minimum Gasteiger partial charge on any atom is -0.462 e. The maximum absolute atomic E-state index is 13.1. The van der Waals surface area contributed by atoms with Crippen molar-refractivity contribution >= 4 is 23.5 Å². The van der Waals surface area contributed by atoms with Crippen LogP contribution < -0.4 is 4.90 Å². The number of rotatable bonds is 8. The summed E-state index contributed by atoms with van der Waals surface area (Å²) in [5.74, 6) is -0.855. The molecule has 7 heteroatoms. The monoisotopic (exact) mass is 402 g/mol. The first kappa shape index (κ1) is 21.5. The van der Waals surface area contributed by atoms with Crippen LogP contribution >= 0.6 is 0 Å². The van der Waals surface area contributed by atoms with Gasteiger partial charge in [-0.2, -0.15) is 0 Å². The minimum atomic E-state index is -0.474. The molecule has 2 fully saturated rings. The Morgan fingerprint density at radius 1 is 1.21 bits per heavy atom. The Hall–Kier alpha value is -2.25. The van der Waals surface area contributed by atoms with Crippen molar-refractivity contribution < 1.29 is 24.2 Å². The number of nitrogens with zero attached hydrogens (tertiary/aromatic N) is 2. The van der Waals surface area contributed by atoms with Crippen LogP contribution in [0, 0.1) is 0 Å². The van der Waals surface area contributed by atoms with E-state index in [0.29, 0.717) is 24.3 Å². The second kappa shape index (κ2) is 9.98. The number of carbonyl (C=O) groups excluding carboxylic acids is 3. The van der Waals surface area contributed by atoms with Crippen molar-refractivity contribution in [3.05, 3.63) is 29.8 Å². The Morgan fingerprint density at radius 3 is 2.66 bits per heavy atom. The smallest absolute Gasteiger partial charge is 0.338 e. The highest BCUT2D eigenvalue weighted by Gasteiger charge is 2.44. The molecule has 3 rings (SSSR count). The van der Waals surface area contributed by atoms with Crippen LogP contribution in [0.2, 0.25) is 0 Å². The van der Waals surface area contributed by atoms with E-state index >= 15 is 0 Å². The molecule has 2 aliphatic heterocycles. The maximum Gasteiger partial charge on any atom is 0.338 e. The van der Waals surface area contributed by atoms with Gasteiger partial charge in [0, 0.05) is 12.6 Å². The van der Waals surface area contributed by atoms with Gasteiger partial charge in [-0.3, -0.25) is 14.5 Å². The van der Waals surface area contributed by atoms with E-state index in [-0.39, 0.29) is 30.9 Å². The van der Waals surface area contributed by atoms with E-state index in [2.05, 4.69) is 4.90 Å². The second-order valence-corrected chi connectivity index (χ2v) is 7.72. The lowest BCUT2D eigenvalue weighted by molar-refractivity contribution is -0.123. The number of piperidine rings is 1. The zero-order valence-electron chi connectivity index (χ0n) is 17.0. The predicted molar refractivity (Wildman–Crippen MR) is 109 cm³/mol. The fourth-order valence-electron chi connectivity index (χ4n) is 4.18. The summed E-state index contributed by atoms with van der Waals surface area (Å²) in [6.07, 6.45) is 5.55. The van der Waals surface area contributed by atoms with Crippen molar-refractivity contribution in [2.24, 2.45) is 0 Å². The summed E-state index contributed by atoms with van der Waals surface area (Å²) in [5.41, 5.74) is 0.878. The van der Waals surface area contributed by atoms with E-state index in [1.54, 1.807) is 24.3 Å². The fourth-order valence-corrected chi connectivity index (χ4v) is 4.18. The summed E-state index contributed by atoms with van der Waals surface area (Å²) in [6.45, 7) is 3.25. The third kappa shape index (κ3) is 4.85. The molecule has 1 aromatic carbocycles. The molecule has 0 unspecified atom stereocenters. The second-order valence-electron chi connectivity index (χ2n) is 7.72. The number of esters is 1. The van der Waals surface area contributed by atoms with Crippen LogP contribution in [-0.4, -0.2) is 59.6 Å². The van der Waals surface area contributed by atoms with Gasteiger partial charge in [-0.1, -0.05) is 19.8 Å². The van der Waals surface area contributed by atoms with Crippen LogP contribution in [0.3, 0.4) is 0 Å². The van der Waals surface area contributed by atoms with Gasteiger partial charge in [0.25, 0.3) is 5.91 Å². The van der Waals surface area contributed by atoms with E-state index in [1.807, 2.05) is 6.92 Å². The van der Waals surface area contributed by atoms with Gasteiger partial charge in [0.05, 0.1) is 30.3 Å². The number of carbonyl (C=O) groups is 3. The lowest BCUT2D eigenvalue weighted by atomic mass is 9.97. The molecule has 29 heavy (non-hydrogen) atoms. The quantitative estimate of drug-likeness (QED) is 0.408. The van der Waals surface area contributed by atoms with Crippen LogP contribution in [-0.2, 0) is 14.3 Å². The van der Waals surface area contributed by atoms with Gasteiger partial charge >= 0.3 is 5.97 Å². The summed E-state index contributed by atoms with van der Waals surface area (Å²) in [7, 11) is 0. The third-order valence-electron chi connectivity index (χ3n) is 5.75. The first-order chi connectivity index (χ1) is 14.1. The van der Waals surface area contributed by atoms with Crippen molar-refractivity contribution in [2.75, 3.05) is 24.7 Å². The van der Waals surface area contributed by atoms with Gasteiger partial charge in [0.2, 0.25) is 5.91 Å². The van der Waals surface area contributed by atoms with Crippen molar-refractivity contribution in [1.29, 1.82) is 0 Å². The molecule has 0 aliphatic carbocycles. The Morgan fingerprint density at radius 2 is 1.97 bits per heavy atom. The highest BCUT2D eigenvalue weighted by molar-refractivity contribution is 6.22. The van der Waals surface area contributed by atoms with Gasteiger partial charge in [-0.15, -0.1) is 0 Å². The Balaban J connectivity index is 1.70. The number of unbranched alkanes of at least 4 members (excludes halogenated alkanes) is 1. The largest absolute Gasteiger partial charge is 0.462 e. The van der Waals surface area contributed by atoms with Crippen molar-refractivity contribution in [3.63, 3.8) is 0 Å². The molecule has 0 spiro atoms. The summed E-state index contributed by atoms with van der Waals surface area (Å²) in [5, 5.41) is 9.34. The number of hydrogen-bond donors (Lipinski definition) is 1. The van der Waals surface area contributed by atoms with Crippen LogP contribution in [0.25, 0.3) is 0 Å². The number of aliphatic hydroxyl groups is 1. The van der Waals surface area contributed by atoms with Gasteiger partial charge in [-0.25, -0.2) is 9.69 Å². The third-order valence-corrected chi connectivity index (χ3v) is 5.75. The number of anilines is 1. The summed E-state index contributed by atoms with van der Waals surface area (Å²) in [6, 6.07) is 6.08. The van der Waals surface area contributed by atoms with Crippen LogP contribution in [0.4, 0.5) is 5.69 Å². The Labute approximate surface area is 171 Å². The van der Waals surface area contributed by atoms with Gasteiger partial charge in [0.1, 0.15) is 0 Å². The number of aliphatic hydroxyl groups excluding tert-OH is 1. The van der Waals surface area contributed by atoms with Crippen LogP contribution in [0.5, 0.6) is 0 Å². The molecule has 7 nitrogen and oxygen atoms in total. The fraction of sp³-hybridized carbons (Fsp3) is 0.591. The zero-order valence-corrected chi connectivity index (χ0v) is 17.0. The van der Waals surface area contributed by atoms with E-state index in [0.717, 1.165) is 38.6 Å². The lowest BCUT2D eigenvalue weighted by Gasteiger charge is -2.38. The number of imide groups is 1. The molecule has 2 atom stereocenters. The molecule has 1 aromatic rings. The maximum atomic E-state index is 13.1. The topological polar surface area (TPSA) is 87.2 Å². The molecule has 0 saturated carbocycles. The number of amides is 2. The molecule has 2 amide bonds. The number of benzene rings is 1. The Bertz CT molecular complexity index is 731. The average molecular weight is 402 g/mol. The summed E-state index contributed by atoms with van der Waals surface area (Å²) < 4.78 is 5.19. The molecule has 2 saturated heterocycles. The number of ether oxygens (including phenoxy) is 1. The van der Waals surface area contributed by atoms with Crippen molar-refractivity contribution in [2.45, 2.75) is 64.0 Å². The van der Waals surface area contributed by atoms with Crippen molar-refractivity contribution in [1.82, 2.24) is 4.90 Å². The molecule has 0 aromatic heterocycles. The summed E-state index contributed by atoms with van der Waals surface area (Å²) >= 11 is 0. The SMILES string of the molecule is CCCCOC(=O)c1ccc(N2C(=O)C[C@H](N3CCCC[C@@H]3CCO)C2=O)cc1. The van der Waals surface area contributed by atoms with Gasteiger partial charge < -0.3 is 9.84 Å². The summed E-state index contributed by atoms with van der Waals surface area (Å²) in [4.78, 5) is 41.1. The van der Waals surface area contributed by atoms with Gasteiger partial charge in [-0.05, 0) is 56.5 Å². The minimum absolute atomic E-state index is 0.0789. The van der Waals surface area contributed by atoms with Crippen molar-refractivity contribution in [3.8, 4) is 0 Å². The standard InChI is InChI=1S/C22H30N2O5/c1-2-3-14-29-22(28)16-7-9-18(10-8-16)24-20(26)15-19(21(24)27)23-12-5-4-6-17(23)11-13-25/h7-10,17,19,25H,2-6,11-15H2,1H3/t17-,19+/m1/s1. The van der Waals surface area contributed by atoms with Gasteiger partial charge in [0.15, 0.2) is 0 Å². The molecule has 2 heterocycles. The highest BCUT2D eigenvalue weighted by Crippen LogP contribution is 2.30. The molecular weight excluding hydrogens is 372 g/mol. The first-order valence-corrected chi connectivity index (χ1v) is 10.6. The number of likely N-dealkylation sites (tertiary alicyclic amines) is 1. The molecule has 0 radical (unpaired) electrons. The molecular formula is C22H30N2O5. The van der Waals surface area contributed by atoms with Crippen LogP contribution in [0.15, 0.2) is 24.3 Å².